The fourth-order valence-corrected chi connectivity index (χ4v) is 2.78. The molecule has 0 spiro atoms. The number of hydrogen-bond acceptors (Lipinski definition) is 4. The summed E-state index contributed by atoms with van der Waals surface area (Å²) in [4.78, 5) is 13.8. The molecule has 106 valence electrons. The third kappa shape index (κ3) is 4.19. The molecule has 1 aliphatic rings. The summed E-state index contributed by atoms with van der Waals surface area (Å²) in [5, 5.41) is 0. The second-order valence-electron chi connectivity index (χ2n) is 4.49. The molecule has 1 heterocycles. The van der Waals surface area contributed by atoms with Crippen LogP contribution < -0.4 is 11.3 Å². The Morgan fingerprint density at radius 3 is 2.68 bits per heavy atom. The molecule has 2 rings (SSSR count). The monoisotopic (exact) mass is 293 g/mol. The van der Waals surface area contributed by atoms with Crippen molar-refractivity contribution < 1.29 is 18.0 Å². The van der Waals surface area contributed by atoms with Crippen LogP contribution in [0.4, 0.5) is 13.2 Å². The van der Waals surface area contributed by atoms with Crippen molar-refractivity contribution in [2.24, 2.45) is 5.84 Å². The Labute approximate surface area is 112 Å². The first-order chi connectivity index (χ1) is 8.89. The van der Waals surface area contributed by atoms with Gasteiger partial charge in [0.15, 0.2) is 0 Å². The van der Waals surface area contributed by atoms with Gasteiger partial charge in [0, 0.05) is 17.5 Å². The summed E-state index contributed by atoms with van der Waals surface area (Å²) < 4.78 is 37.4. The maximum Gasteiger partial charge on any atom is 0.401 e. The first-order valence-electron chi connectivity index (χ1n) is 5.79. The number of nitrogens with one attached hydrogen (secondary N) is 1. The summed E-state index contributed by atoms with van der Waals surface area (Å²) in [7, 11) is 0. The van der Waals surface area contributed by atoms with Gasteiger partial charge in [0.1, 0.15) is 0 Å². The number of alkyl halides is 3. The summed E-state index contributed by atoms with van der Waals surface area (Å²) >= 11 is 1.16. The van der Waals surface area contributed by atoms with E-state index < -0.39 is 18.6 Å². The van der Waals surface area contributed by atoms with Gasteiger partial charge in [-0.1, -0.05) is 0 Å². The minimum Gasteiger partial charge on any atom is -0.289 e. The van der Waals surface area contributed by atoms with Crippen molar-refractivity contribution in [3.05, 3.63) is 21.9 Å². The van der Waals surface area contributed by atoms with Gasteiger partial charge in [0.25, 0.3) is 5.91 Å². The molecule has 3 N–H and O–H groups in total. The van der Waals surface area contributed by atoms with Crippen LogP contribution in [0.2, 0.25) is 0 Å². The normalized spacial score (nSPS) is 15.8. The molecule has 0 bridgehead atoms. The number of carbonyl (C=O) groups excluding carboxylic acids is 1. The van der Waals surface area contributed by atoms with Crippen LogP contribution in [-0.2, 0) is 6.54 Å². The van der Waals surface area contributed by atoms with E-state index >= 15 is 0 Å². The minimum atomic E-state index is -4.20. The third-order valence-corrected chi connectivity index (χ3v) is 3.89. The fourth-order valence-electron chi connectivity index (χ4n) is 1.84. The zero-order valence-corrected chi connectivity index (χ0v) is 10.9. The van der Waals surface area contributed by atoms with E-state index in [-0.39, 0.29) is 12.6 Å². The van der Waals surface area contributed by atoms with Crippen molar-refractivity contribution in [2.45, 2.75) is 31.6 Å². The molecule has 4 nitrogen and oxygen atoms in total. The highest BCUT2D eigenvalue weighted by Gasteiger charge is 2.38. The Balaban J connectivity index is 2.01. The van der Waals surface area contributed by atoms with Crippen LogP contribution in [0, 0.1) is 0 Å². The number of hydrazine groups is 1. The van der Waals surface area contributed by atoms with E-state index in [0.717, 1.165) is 29.1 Å². The smallest absolute Gasteiger partial charge is 0.289 e. The molecule has 1 fully saturated rings. The summed E-state index contributed by atoms with van der Waals surface area (Å²) in [5.74, 6) is 4.58. The van der Waals surface area contributed by atoms with Crippen molar-refractivity contribution in [1.82, 2.24) is 10.3 Å². The van der Waals surface area contributed by atoms with Gasteiger partial charge in [-0.3, -0.25) is 15.1 Å². The van der Waals surface area contributed by atoms with Gasteiger partial charge in [-0.15, -0.1) is 11.3 Å². The van der Waals surface area contributed by atoms with Crippen LogP contribution >= 0.6 is 11.3 Å². The van der Waals surface area contributed by atoms with E-state index in [1.807, 2.05) is 5.43 Å². The van der Waals surface area contributed by atoms with Gasteiger partial charge in [-0.05, 0) is 25.0 Å². The number of amides is 1. The number of thiophene rings is 1. The molecule has 0 aromatic carbocycles. The zero-order chi connectivity index (χ0) is 14.0. The van der Waals surface area contributed by atoms with Gasteiger partial charge in [-0.25, -0.2) is 5.84 Å². The first kappa shape index (κ1) is 14.3. The van der Waals surface area contributed by atoms with Crippen molar-refractivity contribution in [3.8, 4) is 0 Å². The van der Waals surface area contributed by atoms with E-state index in [2.05, 4.69) is 0 Å². The molecule has 8 heteroatoms. The lowest BCUT2D eigenvalue weighted by Gasteiger charge is -2.22. The van der Waals surface area contributed by atoms with Crippen LogP contribution in [0.15, 0.2) is 12.1 Å². The highest BCUT2D eigenvalue weighted by Crippen LogP contribution is 2.32. The number of hydrogen-bond donors (Lipinski definition) is 2. The van der Waals surface area contributed by atoms with Crippen molar-refractivity contribution >= 4 is 17.2 Å². The van der Waals surface area contributed by atoms with Gasteiger partial charge in [0.2, 0.25) is 0 Å². The molecular weight excluding hydrogens is 279 g/mol. The van der Waals surface area contributed by atoms with Crippen LogP contribution in [0.25, 0.3) is 0 Å². The number of halogens is 3. The Bertz CT molecular complexity index is 456. The number of nitrogens with zero attached hydrogens (tertiary/aromatic N) is 1. The van der Waals surface area contributed by atoms with Crippen LogP contribution in [-0.4, -0.2) is 29.6 Å². The van der Waals surface area contributed by atoms with E-state index in [1.54, 1.807) is 12.1 Å². The van der Waals surface area contributed by atoms with Crippen molar-refractivity contribution in [1.29, 1.82) is 0 Å². The van der Waals surface area contributed by atoms with E-state index in [0.29, 0.717) is 4.88 Å². The Kier molecular flexibility index (Phi) is 4.12. The van der Waals surface area contributed by atoms with E-state index in [9.17, 15) is 18.0 Å². The second-order valence-corrected chi connectivity index (χ2v) is 5.66. The molecule has 1 aromatic rings. The standard InChI is InChI=1S/C11H14F3N3OS/c12-11(13,14)6-17(7-1-2-7)5-8-3-4-9(19-8)10(18)16-15/h3-4,7H,1-2,5-6,15H2,(H,16,18). The summed E-state index contributed by atoms with van der Waals surface area (Å²) in [6.07, 6.45) is -2.59. The molecule has 1 saturated carbocycles. The molecule has 0 aliphatic heterocycles. The lowest BCUT2D eigenvalue weighted by Crippen LogP contribution is -2.35. The molecular formula is C11H14F3N3OS. The van der Waals surface area contributed by atoms with Crippen LogP contribution in [0.5, 0.6) is 0 Å². The molecule has 1 aliphatic carbocycles. The Morgan fingerprint density at radius 1 is 1.47 bits per heavy atom. The molecule has 0 atom stereocenters. The lowest BCUT2D eigenvalue weighted by atomic mass is 10.3. The highest BCUT2D eigenvalue weighted by molar-refractivity contribution is 7.14. The Hall–Kier alpha value is -1.12. The Morgan fingerprint density at radius 2 is 2.16 bits per heavy atom. The fraction of sp³-hybridized carbons (Fsp3) is 0.545. The van der Waals surface area contributed by atoms with Gasteiger partial charge >= 0.3 is 6.18 Å². The molecule has 0 unspecified atom stereocenters. The maximum absolute atomic E-state index is 12.5. The maximum atomic E-state index is 12.5. The van der Waals surface area contributed by atoms with Crippen molar-refractivity contribution in [3.63, 3.8) is 0 Å². The predicted octanol–water partition coefficient (Wildman–Crippen LogP) is 1.88. The number of rotatable bonds is 5. The molecule has 0 radical (unpaired) electrons. The second kappa shape index (κ2) is 5.48. The summed E-state index contributed by atoms with van der Waals surface area (Å²) in [6.45, 7) is -0.694. The van der Waals surface area contributed by atoms with E-state index in [1.165, 1.54) is 4.90 Å². The lowest BCUT2D eigenvalue weighted by molar-refractivity contribution is -0.148. The average Bonchev–Trinajstić information content (AvgIpc) is 3.07. The first-order valence-corrected chi connectivity index (χ1v) is 6.61. The van der Waals surface area contributed by atoms with Gasteiger partial charge in [0.05, 0.1) is 11.4 Å². The van der Waals surface area contributed by atoms with Gasteiger partial charge < -0.3 is 0 Å². The number of nitrogens with two attached hydrogens (primary N) is 1. The quantitative estimate of drug-likeness (QED) is 0.495. The van der Waals surface area contributed by atoms with Crippen LogP contribution in [0.3, 0.4) is 0 Å². The highest BCUT2D eigenvalue weighted by atomic mass is 32.1. The largest absolute Gasteiger partial charge is 0.401 e. The van der Waals surface area contributed by atoms with E-state index in [4.69, 9.17) is 5.84 Å². The molecule has 0 saturated heterocycles. The summed E-state index contributed by atoms with van der Waals surface area (Å²) in [5.41, 5.74) is 2.00. The summed E-state index contributed by atoms with van der Waals surface area (Å²) in [6, 6.07) is 3.25. The molecule has 1 aromatic heterocycles. The van der Waals surface area contributed by atoms with Crippen LogP contribution in [0.1, 0.15) is 27.4 Å². The molecule has 19 heavy (non-hydrogen) atoms. The SMILES string of the molecule is NNC(=O)c1ccc(CN(CC(F)(F)F)C2CC2)s1. The average molecular weight is 293 g/mol. The number of nitrogen functional groups attached to an aromatic ring is 1. The minimum absolute atomic E-state index is 0.00973. The zero-order valence-electron chi connectivity index (χ0n) is 10.0. The third-order valence-electron chi connectivity index (χ3n) is 2.82. The predicted molar refractivity (Wildman–Crippen MR) is 65.5 cm³/mol. The topological polar surface area (TPSA) is 58.4 Å². The number of carbonyl (C=O) groups is 1. The molecule has 1 amide bonds. The van der Waals surface area contributed by atoms with Gasteiger partial charge in [-0.2, -0.15) is 13.2 Å². The van der Waals surface area contributed by atoms with Crippen molar-refractivity contribution in [2.75, 3.05) is 6.54 Å².